The zero-order valence-corrected chi connectivity index (χ0v) is 42.4. The number of cyclic esters (lactones) is 1. The van der Waals surface area contributed by atoms with Gasteiger partial charge in [-0.2, -0.15) is 0 Å². The number of Topliss-reactive ketones (excluding diaryl/α,β-unsaturated/α-hetero) is 1. The van der Waals surface area contributed by atoms with E-state index in [1.807, 2.05) is 70.4 Å². The van der Waals surface area contributed by atoms with Crippen LogP contribution in [0.15, 0.2) is 59.6 Å². The van der Waals surface area contributed by atoms with Crippen molar-refractivity contribution >= 4 is 17.5 Å². The molecule has 0 unspecified atom stereocenters. The van der Waals surface area contributed by atoms with E-state index >= 15 is 0 Å². The fourth-order valence-corrected chi connectivity index (χ4v) is 9.59. The lowest BCUT2D eigenvalue weighted by Crippen LogP contribution is -2.56. The van der Waals surface area contributed by atoms with Crippen LogP contribution < -0.4 is 11.1 Å². The molecule has 68 heavy (non-hydrogen) atoms. The van der Waals surface area contributed by atoms with E-state index in [9.17, 15) is 24.2 Å². The summed E-state index contributed by atoms with van der Waals surface area (Å²) >= 11 is 0. The molecule has 382 valence electrons. The molecule has 0 spiro atoms. The van der Waals surface area contributed by atoms with E-state index in [4.69, 9.17) is 39.0 Å². The van der Waals surface area contributed by atoms with Gasteiger partial charge in [0.1, 0.15) is 36.2 Å². The van der Waals surface area contributed by atoms with Gasteiger partial charge in [0.15, 0.2) is 6.29 Å². The number of aliphatic hydroxyl groups excluding tert-OH is 1. The van der Waals surface area contributed by atoms with Gasteiger partial charge < -0.3 is 59.4 Å². The minimum absolute atomic E-state index is 0.0187. The predicted molar refractivity (Wildman–Crippen MR) is 258 cm³/mol. The number of rotatable bonds is 19. The van der Waals surface area contributed by atoms with Crippen LogP contribution in [0.1, 0.15) is 104 Å². The summed E-state index contributed by atoms with van der Waals surface area (Å²) in [5.74, 6) is -4.17. The number of nitrogens with two attached hydrogens (primary N) is 1. The highest BCUT2D eigenvalue weighted by molar-refractivity contribution is 5.99. The van der Waals surface area contributed by atoms with Crippen molar-refractivity contribution in [2.24, 2.45) is 34.6 Å². The van der Waals surface area contributed by atoms with Crippen molar-refractivity contribution in [3.63, 3.8) is 0 Å². The molecule has 1 aromatic heterocycles. The molecule has 1 aromatic carbocycles. The summed E-state index contributed by atoms with van der Waals surface area (Å²) < 4.78 is 50.4. The first-order valence-corrected chi connectivity index (χ1v) is 23.9. The zero-order chi connectivity index (χ0) is 50.3. The number of nitrogens with one attached hydrogen (secondary N) is 1. The van der Waals surface area contributed by atoms with Gasteiger partial charge in [-0.05, 0) is 77.6 Å². The SMILES string of the molecule is CC[C@H]1OC(=O)[C@H](C)C(=O)[C@H](C)C[C@](CO[C@H]2C[C@@H](N(C)CC/C(N)=C/N[C@H](CF)[C@H](OC)c3ccc(-c4ccc(C)nc4)cc3)C[C@@H](C)O2)(OC)C[C@@H](C)/C(=N\OCOC)[C@H](C)[C@@H](O)[C@]1(C)O. The molecule has 2 aliphatic rings. The Kier molecular flexibility index (Phi) is 21.8. The molecule has 0 saturated carbocycles. The molecular formula is C51H80FN5O11. The summed E-state index contributed by atoms with van der Waals surface area (Å²) in [7, 11) is 6.61. The third-order valence-corrected chi connectivity index (χ3v) is 13.8. The van der Waals surface area contributed by atoms with Crippen LogP contribution in [0.25, 0.3) is 11.1 Å². The summed E-state index contributed by atoms with van der Waals surface area (Å²) in [6.45, 7) is 13.8. The summed E-state index contributed by atoms with van der Waals surface area (Å²) in [5.41, 5.74) is 8.22. The van der Waals surface area contributed by atoms with Gasteiger partial charge in [-0.1, -0.05) is 63.2 Å². The first kappa shape index (κ1) is 56.5. The molecule has 3 heterocycles. The second-order valence-corrected chi connectivity index (χ2v) is 19.2. The number of alkyl halides is 1. The number of aryl methyl sites for hydroxylation is 1. The van der Waals surface area contributed by atoms with Crippen LogP contribution in [0, 0.1) is 30.6 Å². The number of methoxy groups -OCH3 is 3. The van der Waals surface area contributed by atoms with E-state index in [1.165, 1.54) is 21.0 Å². The van der Waals surface area contributed by atoms with Crippen LogP contribution in [0.4, 0.5) is 4.39 Å². The summed E-state index contributed by atoms with van der Waals surface area (Å²) in [5, 5.41) is 31.0. The number of oxime groups is 1. The summed E-state index contributed by atoms with van der Waals surface area (Å²) in [6.07, 6.45) is 2.02. The highest BCUT2D eigenvalue weighted by Crippen LogP contribution is 2.37. The molecule has 0 bridgehead atoms. The maximum absolute atomic E-state index is 14.5. The van der Waals surface area contributed by atoms with Gasteiger partial charge >= 0.3 is 5.97 Å². The fourth-order valence-electron chi connectivity index (χ4n) is 9.59. The lowest BCUT2D eigenvalue weighted by atomic mass is 9.74. The largest absolute Gasteiger partial charge is 0.459 e. The molecule has 2 saturated heterocycles. The Bertz CT molecular complexity index is 1940. The highest BCUT2D eigenvalue weighted by atomic mass is 19.1. The summed E-state index contributed by atoms with van der Waals surface area (Å²) in [4.78, 5) is 39.4. The monoisotopic (exact) mass is 958 g/mol. The zero-order valence-electron chi connectivity index (χ0n) is 42.4. The number of hydrogen-bond donors (Lipinski definition) is 4. The van der Waals surface area contributed by atoms with Gasteiger partial charge in [0, 0.05) is 93.9 Å². The van der Waals surface area contributed by atoms with Gasteiger partial charge in [0.2, 0.25) is 6.79 Å². The van der Waals surface area contributed by atoms with Gasteiger partial charge in [0.05, 0.1) is 36.2 Å². The van der Waals surface area contributed by atoms with Gasteiger partial charge in [-0.25, -0.2) is 4.39 Å². The molecular weight excluding hydrogens is 878 g/mol. The van der Waals surface area contributed by atoms with Gasteiger partial charge in [-0.3, -0.25) is 14.6 Å². The lowest BCUT2D eigenvalue weighted by molar-refractivity contribution is -0.229. The van der Waals surface area contributed by atoms with E-state index in [0.717, 1.165) is 28.8 Å². The number of esters is 1. The van der Waals surface area contributed by atoms with Crippen LogP contribution in [0.3, 0.4) is 0 Å². The Morgan fingerprint density at radius 1 is 1.06 bits per heavy atom. The number of ketones is 1. The number of carbonyl (C=O) groups excluding carboxylic acids is 2. The van der Waals surface area contributed by atoms with Crippen molar-refractivity contribution in [1.82, 2.24) is 15.2 Å². The minimum Gasteiger partial charge on any atom is -0.459 e. The molecule has 17 heteroatoms. The number of nitrogens with zero attached hydrogens (tertiary/aromatic N) is 3. The van der Waals surface area contributed by atoms with Crippen molar-refractivity contribution in [2.75, 3.05) is 55.0 Å². The predicted octanol–water partition coefficient (Wildman–Crippen LogP) is 6.41. The maximum atomic E-state index is 14.5. The number of carbonyl (C=O) groups is 2. The van der Waals surface area contributed by atoms with Crippen LogP contribution in [0.5, 0.6) is 0 Å². The van der Waals surface area contributed by atoms with Crippen molar-refractivity contribution in [2.45, 2.75) is 148 Å². The molecule has 2 aromatic rings. The first-order valence-electron chi connectivity index (χ1n) is 23.9. The standard InChI is InChI=1S/C51H80FN5O11/c1-13-43-50(8,61)48(59)35(6)45(56-66-30-62-10)31(2)24-51(64-12,25-32(3)46(58)36(7)49(60)68-43)29-65-44-23-41(22-34(5)67-44)57(9)21-20-40(53)28-55-42(26-52)47(63-11)38-18-16-37(17-19-38)39-15-14-33(4)54-27-39/h14-19,27-28,31-32,34-36,41-44,47-48,55,59,61H,13,20-26,29-30,53H2,1-12H3/b40-28-,56-45+/t31-,32-,34-,35+,36-,41+,42-,43-,44-,47-,48-,50-,51-/m1/s1. The Morgan fingerprint density at radius 3 is 2.34 bits per heavy atom. The van der Waals surface area contributed by atoms with E-state index in [-0.39, 0.29) is 50.6 Å². The van der Waals surface area contributed by atoms with Crippen molar-refractivity contribution in [1.29, 1.82) is 0 Å². The second kappa shape index (κ2) is 26.2. The van der Waals surface area contributed by atoms with Crippen LogP contribution in [-0.2, 0) is 42.8 Å². The van der Waals surface area contributed by atoms with Crippen molar-refractivity contribution in [3.8, 4) is 11.1 Å². The second-order valence-electron chi connectivity index (χ2n) is 19.2. The molecule has 0 aliphatic carbocycles. The highest BCUT2D eigenvalue weighted by Gasteiger charge is 2.48. The minimum atomic E-state index is -1.91. The molecule has 4 rings (SSSR count). The molecule has 2 fully saturated rings. The number of ether oxygens (including phenoxy) is 6. The Hall–Kier alpha value is -4.07. The van der Waals surface area contributed by atoms with Crippen molar-refractivity contribution < 1.29 is 57.5 Å². The quantitative estimate of drug-likeness (QED) is 0.0395. The lowest BCUT2D eigenvalue weighted by Gasteiger charge is -2.43. The molecule has 5 N–H and O–H groups in total. The van der Waals surface area contributed by atoms with Crippen LogP contribution in [-0.4, -0.2) is 140 Å². The number of aromatic nitrogens is 1. The van der Waals surface area contributed by atoms with Gasteiger partial charge in [0.25, 0.3) is 0 Å². The first-order chi connectivity index (χ1) is 32.2. The fraction of sp³-hybridized carbons (Fsp3) is 0.686. The molecule has 13 atom stereocenters. The number of halogens is 1. The van der Waals surface area contributed by atoms with Gasteiger partial charge in [-0.15, -0.1) is 0 Å². The smallest absolute Gasteiger partial charge is 0.316 e. The number of hydrogen-bond acceptors (Lipinski definition) is 16. The summed E-state index contributed by atoms with van der Waals surface area (Å²) in [6, 6.07) is 11.2. The van der Waals surface area contributed by atoms with Crippen molar-refractivity contribution in [3.05, 3.63) is 65.7 Å². The topological polar surface area (TPSA) is 206 Å². The Balaban J connectivity index is 1.47. The van der Waals surface area contributed by atoms with E-state index < -0.39 is 78.2 Å². The van der Waals surface area contributed by atoms with E-state index in [0.29, 0.717) is 30.8 Å². The Morgan fingerprint density at radius 2 is 1.74 bits per heavy atom. The van der Waals surface area contributed by atoms with E-state index in [2.05, 4.69) is 20.4 Å². The van der Waals surface area contributed by atoms with E-state index in [1.54, 1.807) is 41.2 Å². The average molecular weight is 958 g/mol. The maximum Gasteiger partial charge on any atom is 0.316 e. The Labute approximate surface area is 403 Å². The van der Waals surface area contributed by atoms with Crippen LogP contribution >= 0.6 is 0 Å². The molecule has 0 radical (unpaired) electrons. The molecule has 2 aliphatic heterocycles. The molecule has 16 nitrogen and oxygen atoms in total. The number of benzene rings is 1. The average Bonchev–Trinajstić information content (AvgIpc) is 3.32. The molecule has 0 amide bonds. The number of aliphatic hydroxyl groups is 2. The van der Waals surface area contributed by atoms with Crippen LogP contribution in [0.2, 0.25) is 0 Å². The third-order valence-electron chi connectivity index (χ3n) is 13.8. The third kappa shape index (κ3) is 15.0. The normalized spacial score (nSPS) is 31.8. The number of pyridine rings is 1.